The summed E-state index contributed by atoms with van der Waals surface area (Å²) in [7, 11) is 0. The molecule has 0 amide bonds. The summed E-state index contributed by atoms with van der Waals surface area (Å²) >= 11 is 9.60. The minimum atomic E-state index is -0.0368. The molecule has 0 aliphatic heterocycles. The largest absolute Gasteiger partial charge is 0.340 e. The van der Waals surface area contributed by atoms with Gasteiger partial charge in [-0.05, 0) is 53.0 Å². The van der Waals surface area contributed by atoms with Gasteiger partial charge < -0.3 is 5.32 Å². The number of rotatable bonds is 3. The number of halogens is 2. The first kappa shape index (κ1) is 13.4. The van der Waals surface area contributed by atoms with Crippen molar-refractivity contribution < 1.29 is 0 Å². The van der Waals surface area contributed by atoms with E-state index in [1.165, 1.54) is 0 Å². The predicted molar refractivity (Wildman–Crippen MR) is 80.7 cm³/mol. The average molecular weight is 326 g/mol. The van der Waals surface area contributed by atoms with Crippen molar-refractivity contribution in [2.75, 3.05) is 5.32 Å². The summed E-state index contributed by atoms with van der Waals surface area (Å²) in [6, 6.07) is 10.00. The molecular formula is C14H14BrClN2. The quantitative estimate of drug-likeness (QED) is 0.785. The molecule has 0 fully saturated rings. The molecule has 1 aromatic heterocycles. The second kappa shape index (κ2) is 5.72. The summed E-state index contributed by atoms with van der Waals surface area (Å²) in [5, 5.41) is 3.27. The SMILES string of the molecule is Cc1cc(Nc2ccccc2C(C)Cl)ncc1Br. The lowest BCUT2D eigenvalue weighted by Crippen LogP contribution is -1.98. The zero-order chi connectivity index (χ0) is 13.1. The van der Waals surface area contributed by atoms with Gasteiger partial charge in [0.2, 0.25) is 0 Å². The predicted octanol–water partition coefficient (Wildman–Crippen LogP) is 5.20. The van der Waals surface area contributed by atoms with E-state index < -0.39 is 0 Å². The van der Waals surface area contributed by atoms with Crippen LogP contribution in [0.5, 0.6) is 0 Å². The second-order valence-electron chi connectivity index (χ2n) is 4.15. The summed E-state index contributed by atoms with van der Waals surface area (Å²) in [6.07, 6.45) is 1.80. The van der Waals surface area contributed by atoms with E-state index in [4.69, 9.17) is 11.6 Å². The first-order chi connectivity index (χ1) is 8.58. The molecule has 0 aliphatic carbocycles. The van der Waals surface area contributed by atoms with E-state index in [0.29, 0.717) is 0 Å². The van der Waals surface area contributed by atoms with Gasteiger partial charge in [0.15, 0.2) is 0 Å². The van der Waals surface area contributed by atoms with E-state index >= 15 is 0 Å². The van der Waals surface area contributed by atoms with E-state index in [0.717, 1.165) is 27.1 Å². The van der Waals surface area contributed by atoms with Crippen LogP contribution in [0.1, 0.15) is 23.4 Å². The number of hydrogen-bond donors (Lipinski definition) is 1. The Hall–Kier alpha value is -1.06. The number of benzene rings is 1. The zero-order valence-electron chi connectivity index (χ0n) is 10.2. The topological polar surface area (TPSA) is 24.9 Å². The van der Waals surface area contributed by atoms with Gasteiger partial charge in [0.1, 0.15) is 5.82 Å². The highest BCUT2D eigenvalue weighted by atomic mass is 79.9. The molecular weight excluding hydrogens is 312 g/mol. The second-order valence-corrected chi connectivity index (χ2v) is 5.66. The van der Waals surface area contributed by atoms with Gasteiger partial charge in [0.25, 0.3) is 0 Å². The van der Waals surface area contributed by atoms with Crippen molar-refractivity contribution in [2.24, 2.45) is 0 Å². The lowest BCUT2D eigenvalue weighted by atomic mass is 10.1. The third kappa shape index (κ3) is 3.03. The lowest BCUT2D eigenvalue weighted by molar-refractivity contribution is 1.08. The molecule has 4 heteroatoms. The molecule has 1 heterocycles. The highest BCUT2D eigenvalue weighted by Crippen LogP contribution is 2.29. The number of nitrogens with one attached hydrogen (secondary N) is 1. The van der Waals surface area contributed by atoms with Gasteiger partial charge in [-0.2, -0.15) is 0 Å². The average Bonchev–Trinajstić information content (AvgIpc) is 2.34. The maximum atomic E-state index is 6.16. The Morgan fingerprint density at radius 2 is 2.06 bits per heavy atom. The van der Waals surface area contributed by atoms with E-state index in [1.54, 1.807) is 6.20 Å². The molecule has 18 heavy (non-hydrogen) atoms. The number of anilines is 2. The van der Waals surface area contributed by atoms with Gasteiger partial charge in [0, 0.05) is 16.4 Å². The maximum absolute atomic E-state index is 6.16. The molecule has 1 unspecified atom stereocenters. The third-order valence-corrected chi connectivity index (χ3v) is 3.76. The molecule has 94 valence electrons. The van der Waals surface area contributed by atoms with Crippen LogP contribution in [0.15, 0.2) is 41.0 Å². The van der Waals surface area contributed by atoms with Crippen molar-refractivity contribution in [1.82, 2.24) is 4.98 Å². The molecule has 2 aromatic rings. The fraction of sp³-hybridized carbons (Fsp3) is 0.214. The van der Waals surface area contributed by atoms with Crippen LogP contribution in [0.25, 0.3) is 0 Å². The summed E-state index contributed by atoms with van der Waals surface area (Å²) in [4.78, 5) is 4.33. The normalized spacial score (nSPS) is 12.2. The number of aryl methyl sites for hydroxylation is 1. The Morgan fingerprint density at radius 3 is 2.72 bits per heavy atom. The van der Waals surface area contributed by atoms with E-state index in [2.05, 4.69) is 26.2 Å². The molecule has 2 rings (SSSR count). The molecule has 2 nitrogen and oxygen atoms in total. The first-order valence-corrected chi connectivity index (χ1v) is 6.93. The van der Waals surface area contributed by atoms with Crippen LogP contribution in [0.3, 0.4) is 0 Å². The minimum Gasteiger partial charge on any atom is -0.340 e. The van der Waals surface area contributed by atoms with Crippen LogP contribution in [-0.4, -0.2) is 4.98 Å². The van der Waals surface area contributed by atoms with Crippen LogP contribution < -0.4 is 5.32 Å². The third-order valence-electron chi connectivity index (χ3n) is 2.70. The van der Waals surface area contributed by atoms with Crippen molar-refractivity contribution in [3.05, 3.63) is 52.1 Å². The van der Waals surface area contributed by atoms with Gasteiger partial charge in [-0.3, -0.25) is 0 Å². The molecule has 0 aliphatic rings. The van der Waals surface area contributed by atoms with Crippen LogP contribution in [0, 0.1) is 6.92 Å². The van der Waals surface area contributed by atoms with Crippen molar-refractivity contribution in [3.63, 3.8) is 0 Å². The van der Waals surface area contributed by atoms with E-state index in [1.807, 2.05) is 44.2 Å². The number of pyridine rings is 1. The number of para-hydroxylation sites is 1. The van der Waals surface area contributed by atoms with Crippen molar-refractivity contribution in [3.8, 4) is 0 Å². The van der Waals surface area contributed by atoms with Gasteiger partial charge in [-0.1, -0.05) is 18.2 Å². The Morgan fingerprint density at radius 1 is 1.33 bits per heavy atom. The molecule has 1 N–H and O–H groups in total. The van der Waals surface area contributed by atoms with Gasteiger partial charge >= 0.3 is 0 Å². The molecule has 0 saturated heterocycles. The van der Waals surface area contributed by atoms with Gasteiger partial charge in [0.05, 0.1) is 5.38 Å². The number of nitrogens with zero attached hydrogens (tertiary/aromatic N) is 1. The summed E-state index contributed by atoms with van der Waals surface area (Å²) in [6.45, 7) is 4.00. The molecule has 0 saturated carbocycles. The number of hydrogen-bond acceptors (Lipinski definition) is 2. The van der Waals surface area contributed by atoms with Crippen molar-refractivity contribution in [2.45, 2.75) is 19.2 Å². The highest BCUT2D eigenvalue weighted by Gasteiger charge is 2.08. The summed E-state index contributed by atoms with van der Waals surface area (Å²) in [5.41, 5.74) is 3.21. The molecule has 0 radical (unpaired) electrons. The van der Waals surface area contributed by atoms with E-state index in [9.17, 15) is 0 Å². The Bertz CT molecular complexity index is 555. The van der Waals surface area contributed by atoms with Crippen molar-refractivity contribution in [1.29, 1.82) is 0 Å². The lowest BCUT2D eigenvalue weighted by Gasteiger charge is -2.13. The van der Waals surface area contributed by atoms with Gasteiger partial charge in [-0.25, -0.2) is 4.98 Å². The summed E-state index contributed by atoms with van der Waals surface area (Å²) in [5.74, 6) is 0.820. The maximum Gasteiger partial charge on any atom is 0.130 e. The monoisotopic (exact) mass is 324 g/mol. The molecule has 0 bridgehead atoms. The molecule has 1 aromatic carbocycles. The van der Waals surface area contributed by atoms with Crippen LogP contribution in [0.2, 0.25) is 0 Å². The Balaban J connectivity index is 2.31. The van der Waals surface area contributed by atoms with Crippen LogP contribution in [-0.2, 0) is 0 Å². The zero-order valence-corrected chi connectivity index (χ0v) is 12.6. The molecule has 0 spiro atoms. The highest BCUT2D eigenvalue weighted by molar-refractivity contribution is 9.10. The van der Waals surface area contributed by atoms with Crippen LogP contribution in [0.4, 0.5) is 11.5 Å². The first-order valence-electron chi connectivity index (χ1n) is 5.70. The van der Waals surface area contributed by atoms with Gasteiger partial charge in [-0.15, -0.1) is 11.6 Å². The number of aromatic nitrogens is 1. The van der Waals surface area contributed by atoms with E-state index in [-0.39, 0.29) is 5.38 Å². The molecule has 1 atom stereocenters. The Kier molecular flexibility index (Phi) is 4.25. The Labute approximate surface area is 121 Å². The standard InChI is InChI=1S/C14H14BrClN2/c1-9-7-14(17-8-12(9)15)18-13-6-4-3-5-11(13)10(2)16/h3-8,10H,1-2H3,(H,17,18). The fourth-order valence-electron chi connectivity index (χ4n) is 1.70. The smallest absolute Gasteiger partial charge is 0.130 e. The summed E-state index contributed by atoms with van der Waals surface area (Å²) < 4.78 is 1.01. The van der Waals surface area contributed by atoms with Crippen LogP contribution >= 0.6 is 27.5 Å². The fourth-order valence-corrected chi connectivity index (χ4v) is 2.11. The van der Waals surface area contributed by atoms with Crippen molar-refractivity contribution >= 4 is 39.0 Å². The minimum absolute atomic E-state index is 0.0368. The number of alkyl halides is 1.